The van der Waals surface area contributed by atoms with Crippen molar-refractivity contribution < 1.29 is 9.53 Å². The van der Waals surface area contributed by atoms with Crippen molar-refractivity contribution >= 4 is 22.8 Å². The molecule has 7 heteroatoms. The quantitative estimate of drug-likeness (QED) is 0.790. The minimum absolute atomic E-state index is 0.0170. The number of benzene rings is 1. The zero-order chi connectivity index (χ0) is 18.5. The lowest BCUT2D eigenvalue weighted by Gasteiger charge is -2.32. The molecule has 0 radical (unpaired) electrons. The topological polar surface area (TPSA) is 76.5 Å². The van der Waals surface area contributed by atoms with E-state index in [0.29, 0.717) is 32.1 Å². The minimum Gasteiger partial charge on any atom is -0.383 e. The number of piperidine rings is 1. The standard InChI is InChI=1S/C19H26N4O3/c1-3-23-16-9-5-4-8-15(16)21-17(19(23)25)22-11-6-7-14(13-22)18(24)20-10-12-26-2/h4-5,8-9,14H,3,6-7,10-13H2,1-2H3,(H,20,24). The van der Waals surface area contributed by atoms with Crippen LogP contribution in [0.4, 0.5) is 5.82 Å². The first-order chi connectivity index (χ1) is 12.7. The molecule has 0 aliphatic carbocycles. The van der Waals surface area contributed by atoms with E-state index in [1.54, 1.807) is 11.7 Å². The van der Waals surface area contributed by atoms with E-state index < -0.39 is 0 Å². The third kappa shape index (κ3) is 3.72. The van der Waals surface area contributed by atoms with Gasteiger partial charge in [-0.3, -0.25) is 9.59 Å². The summed E-state index contributed by atoms with van der Waals surface area (Å²) in [6.07, 6.45) is 1.69. The smallest absolute Gasteiger partial charge is 0.293 e. The van der Waals surface area contributed by atoms with Crippen LogP contribution in [0.1, 0.15) is 19.8 Å². The second kappa shape index (κ2) is 8.31. The minimum atomic E-state index is -0.136. The van der Waals surface area contributed by atoms with Crippen LogP contribution in [0.5, 0.6) is 0 Å². The zero-order valence-electron chi connectivity index (χ0n) is 15.4. The van der Waals surface area contributed by atoms with Gasteiger partial charge in [-0.15, -0.1) is 0 Å². The summed E-state index contributed by atoms with van der Waals surface area (Å²) in [5.74, 6) is 0.326. The molecule has 2 aromatic rings. The van der Waals surface area contributed by atoms with Crippen LogP contribution < -0.4 is 15.8 Å². The maximum absolute atomic E-state index is 12.9. The summed E-state index contributed by atoms with van der Waals surface area (Å²) in [5, 5.41) is 2.90. The van der Waals surface area contributed by atoms with Crippen LogP contribution in [0, 0.1) is 5.92 Å². The number of hydrogen-bond acceptors (Lipinski definition) is 5. The molecule has 1 aromatic carbocycles. The first kappa shape index (κ1) is 18.4. The largest absolute Gasteiger partial charge is 0.383 e. The molecule has 0 bridgehead atoms. The van der Waals surface area contributed by atoms with Gasteiger partial charge in [0.1, 0.15) is 0 Å². The predicted octanol–water partition coefficient (Wildman–Crippen LogP) is 1.40. The van der Waals surface area contributed by atoms with Crippen molar-refractivity contribution in [3.8, 4) is 0 Å². The van der Waals surface area contributed by atoms with Crippen molar-refractivity contribution in [2.75, 3.05) is 38.3 Å². The van der Waals surface area contributed by atoms with Gasteiger partial charge < -0.3 is 19.5 Å². The lowest BCUT2D eigenvalue weighted by Crippen LogP contribution is -2.46. The highest BCUT2D eigenvalue weighted by Crippen LogP contribution is 2.21. The number of hydrogen-bond donors (Lipinski definition) is 1. The maximum atomic E-state index is 12.9. The summed E-state index contributed by atoms with van der Waals surface area (Å²) < 4.78 is 6.72. The van der Waals surface area contributed by atoms with E-state index >= 15 is 0 Å². The SMILES string of the molecule is CCn1c(=O)c(N2CCCC(C(=O)NCCOC)C2)nc2ccccc21. The molecule has 7 nitrogen and oxygen atoms in total. The van der Waals surface area contributed by atoms with Crippen LogP contribution in [0.2, 0.25) is 0 Å². The normalized spacial score (nSPS) is 17.5. The molecule has 26 heavy (non-hydrogen) atoms. The molecule has 1 unspecified atom stereocenters. The second-order valence-electron chi connectivity index (χ2n) is 6.54. The summed E-state index contributed by atoms with van der Waals surface area (Å²) in [6.45, 7) is 4.80. The molecule has 0 saturated carbocycles. The molecular formula is C19H26N4O3. The Labute approximate surface area is 153 Å². The van der Waals surface area contributed by atoms with E-state index in [4.69, 9.17) is 4.74 Å². The summed E-state index contributed by atoms with van der Waals surface area (Å²) in [4.78, 5) is 31.9. The molecule has 1 aliphatic heterocycles. The van der Waals surface area contributed by atoms with Gasteiger partial charge >= 0.3 is 0 Å². The van der Waals surface area contributed by atoms with Crippen LogP contribution in [-0.4, -0.2) is 48.8 Å². The Hall–Kier alpha value is -2.41. The molecule has 0 spiro atoms. The maximum Gasteiger partial charge on any atom is 0.293 e. The first-order valence-electron chi connectivity index (χ1n) is 9.17. The summed E-state index contributed by atoms with van der Waals surface area (Å²) in [5.41, 5.74) is 1.55. The zero-order valence-corrected chi connectivity index (χ0v) is 15.4. The lowest BCUT2D eigenvalue weighted by atomic mass is 9.97. The number of ether oxygens (including phenoxy) is 1. The van der Waals surface area contributed by atoms with Crippen LogP contribution in [0.3, 0.4) is 0 Å². The summed E-state index contributed by atoms with van der Waals surface area (Å²) >= 11 is 0. The Morgan fingerprint density at radius 1 is 1.38 bits per heavy atom. The van der Waals surface area contributed by atoms with Gasteiger partial charge in [0.05, 0.1) is 23.6 Å². The average Bonchev–Trinajstić information content (AvgIpc) is 2.68. The fourth-order valence-electron chi connectivity index (χ4n) is 3.50. The lowest BCUT2D eigenvalue weighted by molar-refractivity contribution is -0.125. The van der Waals surface area contributed by atoms with E-state index in [2.05, 4.69) is 10.3 Å². The van der Waals surface area contributed by atoms with Gasteiger partial charge in [0.2, 0.25) is 5.91 Å². The van der Waals surface area contributed by atoms with E-state index in [-0.39, 0.29) is 17.4 Å². The number of amides is 1. The highest BCUT2D eigenvalue weighted by atomic mass is 16.5. The number of carbonyl (C=O) groups excluding carboxylic acids is 1. The van der Waals surface area contributed by atoms with Crippen LogP contribution in [0.15, 0.2) is 29.1 Å². The van der Waals surface area contributed by atoms with Crippen molar-refractivity contribution in [3.05, 3.63) is 34.6 Å². The van der Waals surface area contributed by atoms with Crippen LogP contribution in [-0.2, 0) is 16.1 Å². The van der Waals surface area contributed by atoms with Crippen LogP contribution >= 0.6 is 0 Å². The number of rotatable bonds is 6. The first-order valence-corrected chi connectivity index (χ1v) is 9.17. The number of nitrogens with zero attached hydrogens (tertiary/aromatic N) is 3. The van der Waals surface area contributed by atoms with Crippen molar-refractivity contribution in [3.63, 3.8) is 0 Å². The van der Waals surface area contributed by atoms with Gasteiger partial charge in [-0.1, -0.05) is 12.1 Å². The number of fused-ring (bicyclic) bond motifs is 1. The predicted molar refractivity (Wildman–Crippen MR) is 101 cm³/mol. The molecule has 140 valence electrons. The van der Waals surface area contributed by atoms with Gasteiger partial charge in [-0.2, -0.15) is 0 Å². The van der Waals surface area contributed by atoms with E-state index in [1.165, 1.54) is 0 Å². The molecule has 1 aliphatic rings. The van der Waals surface area contributed by atoms with Gasteiger partial charge in [-0.05, 0) is 31.9 Å². The van der Waals surface area contributed by atoms with Gasteiger partial charge in [0.25, 0.3) is 5.56 Å². The molecule has 1 aromatic heterocycles. The molecule has 2 heterocycles. The Morgan fingerprint density at radius 2 is 2.19 bits per heavy atom. The monoisotopic (exact) mass is 358 g/mol. The fourth-order valence-corrected chi connectivity index (χ4v) is 3.50. The number of anilines is 1. The van der Waals surface area contributed by atoms with E-state index in [9.17, 15) is 9.59 Å². The Balaban J connectivity index is 1.85. The molecule has 1 amide bonds. The number of aromatic nitrogens is 2. The Bertz CT molecular complexity index is 833. The van der Waals surface area contributed by atoms with Gasteiger partial charge in [0.15, 0.2) is 5.82 Å². The van der Waals surface area contributed by atoms with E-state index in [0.717, 1.165) is 30.4 Å². The van der Waals surface area contributed by atoms with Gasteiger partial charge in [0, 0.05) is 33.3 Å². The Morgan fingerprint density at radius 3 is 2.96 bits per heavy atom. The van der Waals surface area contributed by atoms with Crippen molar-refractivity contribution in [1.82, 2.24) is 14.9 Å². The van der Waals surface area contributed by atoms with Crippen molar-refractivity contribution in [2.45, 2.75) is 26.3 Å². The third-order valence-electron chi connectivity index (χ3n) is 4.85. The number of methoxy groups -OCH3 is 1. The van der Waals surface area contributed by atoms with Crippen molar-refractivity contribution in [2.24, 2.45) is 5.92 Å². The fraction of sp³-hybridized carbons (Fsp3) is 0.526. The van der Waals surface area contributed by atoms with Crippen LogP contribution in [0.25, 0.3) is 11.0 Å². The number of nitrogens with one attached hydrogen (secondary N) is 1. The highest BCUT2D eigenvalue weighted by molar-refractivity contribution is 5.80. The highest BCUT2D eigenvalue weighted by Gasteiger charge is 2.28. The Kier molecular flexibility index (Phi) is 5.88. The molecule has 3 rings (SSSR count). The van der Waals surface area contributed by atoms with E-state index in [1.807, 2.05) is 36.1 Å². The molecule has 1 saturated heterocycles. The summed E-state index contributed by atoms with van der Waals surface area (Å²) in [7, 11) is 1.61. The molecule has 1 fully saturated rings. The third-order valence-corrected chi connectivity index (χ3v) is 4.85. The molecule has 1 atom stereocenters. The molecule has 1 N–H and O–H groups in total. The average molecular weight is 358 g/mol. The second-order valence-corrected chi connectivity index (χ2v) is 6.54. The number of aryl methyl sites for hydroxylation is 1. The van der Waals surface area contributed by atoms with Gasteiger partial charge in [-0.25, -0.2) is 4.98 Å². The summed E-state index contributed by atoms with van der Waals surface area (Å²) in [6, 6.07) is 7.67. The van der Waals surface area contributed by atoms with Crippen molar-refractivity contribution in [1.29, 1.82) is 0 Å². The number of para-hydroxylation sites is 2. The number of carbonyl (C=O) groups is 1. The molecular weight excluding hydrogens is 332 g/mol.